The lowest BCUT2D eigenvalue weighted by molar-refractivity contribution is -0.384. The van der Waals surface area contributed by atoms with E-state index < -0.39 is 16.8 Å². The second-order valence-corrected chi connectivity index (χ2v) is 5.47. The Kier molecular flexibility index (Phi) is 5.43. The molecule has 2 aromatic rings. The van der Waals surface area contributed by atoms with Crippen LogP contribution in [0.5, 0.6) is 0 Å². The number of hydrogen-bond donors (Lipinski definition) is 0. The lowest BCUT2D eigenvalue weighted by Gasteiger charge is -2.08. The van der Waals surface area contributed by atoms with E-state index in [1.807, 2.05) is 13.8 Å². The summed E-state index contributed by atoms with van der Waals surface area (Å²) >= 11 is 0. The third kappa shape index (κ3) is 4.17. The van der Waals surface area contributed by atoms with Gasteiger partial charge in [-0.3, -0.25) is 24.5 Å². The Bertz CT molecular complexity index is 899. The second-order valence-electron chi connectivity index (χ2n) is 5.47. The zero-order valence-corrected chi connectivity index (χ0v) is 14.0. The third-order valence-corrected chi connectivity index (χ3v) is 3.24. The first-order valence-electron chi connectivity index (χ1n) is 7.47. The molecule has 0 radical (unpaired) electrons. The first-order chi connectivity index (χ1) is 11.8. The Morgan fingerprint density at radius 2 is 1.88 bits per heavy atom. The van der Waals surface area contributed by atoms with Crippen molar-refractivity contribution in [3.05, 3.63) is 69.3 Å². The number of pyridine rings is 1. The molecule has 0 unspecified atom stereocenters. The van der Waals surface area contributed by atoms with E-state index >= 15 is 0 Å². The summed E-state index contributed by atoms with van der Waals surface area (Å²) in [4.78, 5) is 39.3. The number of benzene rings is 1. The minimum atomic E-state index is -0.761. The van der Waals surface area contributed by atoms with Crippen molar-refractivity contribution in [2.45, 2.75) is 19.9 Å². The van der Waals surface area contributed by atoms with Crippen LogP contribution in [0, 0.1) is 10.1 Å². The third-order valence-electron chi connectivity index (χ3n) is 3.24. The van der Waals surface area contributed by atoms with E-state index in [0.717, 1.165) is 19.2 Å². The van der Waals surface area contributed by atoms with Gasteiger partial charge >= 0.3 is 5.97 Å². The van der Waals surface area contributed by atoms with Crippen molar-refractivity contribution in [2.75, 3.05) is 7.11 Å². The van der Waals surface area contributed by atoms with E-state index in [9.17, 15) is 19.7 Å². The summed E-state index contributed by atoms with van der Waals surface area (Å²) in [5.74, 6) is -1.29. The van der Waals surface area contributed by atoms with E-state index in [0.29, 0.717) is 5.49 Å². The fourth-order valence-corrected chi connectivity index (χ4v) is 2.19. The number of carbonyl (C=O) groups excluding carboxylic acids is 2. The molecule has 0 N–H and O–H groups in total. The van der Waals surface area contributed by atoms with Gasteiger partial charge in [-0.25, -0.2) is 4.79 Å². The highest BCUT2D eigenvalue weighted by Gasteiger charge is 2.19. The maximum absolute atomic E-state index is 12.8. The Morgan fingerprint density at radius 3 is 2.48 bits per heavy atom. The zero-order valence-electron chi connectivity index (χ0n) is 14.0. The Hall–Kier alpha value is -3.29. The quantitative estimate of drug-likeness (QED) is 0.481. The Balaban J connectivity index is 2.62. The number of ether oxygens (including phenoxy) is 1. The van der Waals surface area contributed by atoms with Gasteiger partial charge in [0.25, 0.3) is 11.6 Å². The topological polar surface area (TPSA) is 104 Å². The molecule has 1 aromatic heterocycles. The molecule has 0 amide bonds. The maximum atomic E-state index is 12.8. The number of nitro groups is 1. The number of carbonyl (C=O) groups is 2. The lowest BCUT2D eigenvalue weighted by Crippen LogP contribution is -2.28. The van der Waals surface area contributed by atoms with Gasteiger partial charge in [0.2, 0.25) is 0 Å². The Morgan fingerprint density at radius 1 is 1.20 bits per heavy atom. The summed E-state index contributed by atoms with van der Waals surface area (Å²) in [6.45, 7) is 3.73. The van der Waals surface area contributed by atoms with Crippen LogP contribution >= 0.6 is 0 Å². The van der Waals surface area contributed by atoms with E-state index in [4.69, 9.17) is 0 Å². The van der Waals surface area contributed by atoms with Crippen molar-refractivity contribution in [3.63, 3.8) is 0 Å². The summed E-state index contributed by atoms with van der Waals surface area (Å²) < 4.78 is 5.87. The summed E-state index contributed by atoms with van der Waals surface area (Å²) in [6.07, 6.45) is 1.51. The predicted molar refractivity (Wildman–Crippen MR) is 89.3 cm³/mol. The van der Waals surface area contributed by atoms with Gasteiger partial charge in [-0.1, -0.05) is 6.07 Å². The first kappa shape index (κ1) is 18.1. The van der Waals surface area contributed by atoms with Crippen LogP contribution < -0.4 is 5.49 Å². The van der Waals surface area contributed by atoms with Gasteiger partial charge in [-0.15, -0.1) is 0 Å². The number of non-ortho nitro benzene ring substituents is 1. The molecule has 25 heavy (non-hydrogen) atoms. The van der Waals surface area contributed by atoms with Crippen LogP contribution in [0.25, 0.3) is 0 Å². The van der Waals surface area contributed by atoms with E-state index in [1.165, 1.54) is 16.8 Å². The summed E-state index contributed by atoms with van der Waals surface area (Å²) in [7, 11) is 1.16. The number of nitrogens with zero attached hydrogens (tertiary/aromatic N) is 3. The first-order valence-corrected chi connectivity index (χ1v) is 7.47. The van der Waals surface area contributed by atoms with Crippen LogP contribution in [0.3, 0.4) is 0 Å². The van der Waals surface area contributed by atoms with Crippen molar-refractivity contribution in [2.24, 2.45) is 4.99 Å². The minimum Gasteiger partial charge on any atom is -0.465 e. The molecule has 130 valence electrons. The van der Waals surface area contributed by atoms with Gasteiger partial charge in [0.1, 0.15) is 5.49 Å². The van der Waals surface area contributed by atoms with Gasteiger partial charge in [-0.2, -0.15) is 0 Å². The molecule has 0 fully saturated rings. The van der Waals surface area contributed by atoms with Crippen LogP contribution in [0.15, 0.2) is 47.6 Å². The molecule has 0 aliphatic rings. The zero-order chi connectivity index (χ0) is 18.6. The molecule has 1 heterocycles. The number of rotatable bonds is 4. The summed E-state index contributed by atoms with van der Waals surface area (Å²) in [5.41, 5.74) is -0.0383. The van der Waals surface area contributed by atoms with Crippen molar-refractivity contribution in [3.8, 4) is 0 Å². The molecule has 2 rings (SSSR count). The normalized spacial score (nSPS) is 11.4. The molecule has 8 nitrogen and oxygen atoms in total. The Labute approximate surface area is 143 Å². The average Bonchev–Trinajstić information content (AvgIpc) is 2.60. The van der Waals surface area contributed by atoms with Crippen LogP contribution in [-0.2, 0) is 4.74 Å². The van der Waals surface area contributed by atoms with Crippen molar-refractivity contribution >= 4 is 17.6 Å². The highest BCUT2D eigenvalue weighted by Crippen LogP contribution is 2.18. The van der Waals surface area contributed by atoms with Crippen LogP contribution in [0.2, 0.25) is 0 Å². The standard InChI is InChI=1S/C17H17N3O5/c1-11(2)18-15-6-4-5-7-19(15)16(21)12-8-13(17(22)25-3)10-14(9-12)20(23)24/h4-11H,1-3H3. The smallest absolute Gasteiger partial charge is 0.338 e. The van der Waals surface area contributed by atoms with E-state index in [1.54, 1.807) is 18.2 Å². The van der Waals surface area contributed by atoms with Gasteiger partial charge in [0.05, 0.1) is 17.6 Å². The lowest BCUT2D eigenvalue weighted by atomic mass is 10.1. The number of esters is 1. The van der Waals surface area contributed by atoms with E-state index in [-0.39, 0.29) is 22.9 Å². The predicted octanol–water partition coefficient (Wildman–Crippen LogP) is 2.18. The van der Waals surface area contributed by atoms with E-state index in [2.05, 4.69) is 9.73 Å². The largest absolute Gasteiger partial charge is 0.465 e. The molecule has 8 heteroatoms. The number of hydrogen-bond acceptors (Lipinski definition) is 6. The molecule has 0 bridgehead atoms. The maximum Gasteiger partial charge on any atom is 0.338 e. The van der Waals surface area contributed by atoms with Gasteiger partial charge in [0.15, 0.2) is 0 Å². The van der Waals surface area contributed by atoms with Crippen molar-refractivity contribution in [1.82, 2.24) is 4.57 Å². The highest BCUT2D eigenvalue weighted by molar-refractivity contribution is 6.00. The molecular weight excluding hydrogens is 326 g/mol. The SMILES string of the molecule is COC(=O)c1cc(C(=O)n2ccccc2=NC(C)C)cc([N+](=O)[O-])c1. The van der Waals surface area contributed by atoms with Crippen molar-refractivity contribution < 1.29 is 19.2 Å². The fourth-order valence-electron chi connectivity index (χ4n) is 2.19. The minimum absolute atomic E-state index is 0.00833. The number of nitro benzene ring substituents is 1. The molecule has 0 atom stereocenters. The van der Waals surface area contributed by atoms with Crippen molar-refractivity contribution in [1.29, 1.82) is 0 Å². The van der Waals surface area contributed by atoms with Crippen LogP contribution in [0.1, 0.15) is 34.6 Å². The van der Waals surface area contributed by atoms with Gasteiger partial charge in [0, 0.05) is 29.9 Å². The summed E-state index contributed by atoms with van der Waals surface area (Å²) in [5, 5.41) is 11.1. The molecule has 1 aromatic carbocycles. The molecule has 0 saturated heterocycles. The second kappa shape index (κ2) is 7.52. The molecule has 0 spiro atoms. The fraction of sp³-hybridized carbons (Fsp3) is 0.235. The van der Waals surface area contributed by atoms with Gasteiger partial charge in [-0.05, 0) is 32.0 Å². The molecule has 0 aliphatic carbocycles. The molecular formula is C17H17N3O5. The molecule has 0 aliphatic heterocycles. The number of aromatic nitrogens is 1. The van der Waals surface area contributed by atoms with Crippen LogP contribution in [0.4, 0.5) is 5.69 Å². The average molecular weight is 343 g/mol. The number of methoxy groups -OCH3 is 1. The summed E-state index contributed by atoms with van der Waals surface area (Å²) in [6, 6.07) is 8.45. The van der Waals surface area contributed by atoms with Gasteiger partial charge < -0.3 is 4.74 Å². The monoisotopic (exact) mass is 343 g/mol. The van der Waals surface area contributed by atoms with Crippen LogP contribution in [-0.4, -0.2) is 34.5 Å². The molecule has 0 saturated carbocycles. The highest BCUT2D eigenvalue weighted by atomic mass is 16.6.